The summed E-state index contributed by atoms with van der Waals surface area (Å²) in [5.74, 6) is -0.880. The summed E-state index contributed by atoms with van der Waals surface area (Å²) in [6, 6.07) is 2.19. The second-order valence-electron chi connectivity index (χ2n) is 4.86. The highest BCUT2D eigenvalue weighted by atomic mass is 79.9. The molecule has 0 fully saturated rings. The molecule has 5 N–H and O–H groups in total. The van der Waals surface area contributed by atoms with Crippen molar-refractivity contribution in [3.63, 3.8) is 0 Å². The van der Waals surface area contributed by atoms with E-state index in [9.17, 15) is 33.3 Å². The molecule has 1 aromatic carbocycles. The van der Waals surface area contributed by atoms with Gasteiger partial charge in [-0.2, -0.15) is 13.2 Å². The van der Waals surface area contributed by atoms with E-state index in [2.05, 4.69) is 31.4 Å². The molecular formula is C13H11BrF3NO7. The Balaban J connectivity index is 2.61. The Morgan fingerprint density at radius 3 is 2.48 bits per heavy atom. The van der Waals surface area contributed by atoms with E-state index in [1.165, 1.54) is 6.07 Å². The molecule has 8 nitrogen and oxygen atoms in total. The van der Waals surface area contributed by atoms with Crippen molar-refractivity contribution in [2.24, 2.45) is 5.90 Å². The molecule has 1 unspecified atom stereocenters. The summed E-state index contributed by atoms with van der Waals surface area (Å²) in [7, 11) is 0. The van der Waals surface area contributed by atoms with Gasteiger partial charge < -0.3 is 24.8 Å². The van der Waals surface area contributed by atoms with Crippen LogP contribution in [0.15, 0.2) is 22.2 Å². The minimum Gasteiger partial charge on any atom is -0.475 e. The molecule has 1 aliphatic heterocycles. The summed E-state index contributed by atoms with van der Waals surface area (Å²) in [5, 5.41) is 28.0. The SMILES string of the molecule is NOCOC(=O)C1=Cc2cc(Br)cc(C(O)(O)O)c2OC1C(F)(F)F. The average molecular weight is 430 g/mol. The third kappa shape index (κ3) is 4.29. The van der Waals surface area contributed by atoms with Gasteiger partial charge in [-0.25, -0.2) is 10.7 Å². The van der Waals surface area contributed by atoms with E-state index >= 15 is 0 Å². The Bertz CT molecular complexity index is 715. The van der Waals surface area contributed by atoms with Gasteiger partial charge in [0.25, 0.3) is 0 Å². The third-order valence-electron chi connectivity index (χ3n) is 3.06. The van der Waals surface area contributed by atoms with Crippen LogP contribution in [0.2, 0.25) is 0 Å². The number of alkyl halides is 3. The van der Waals surface area contributed by atoms with Gasteiger partial charge in [-0.05, 0) is 18.2 Å². The smallest absolute Gasteiger partial charge is 0.430 e. The van der Waals surface area contributed by atoms with Crippen molar-refractivity contribution < 1.29 is 47.6 Å². The minimum atomic E-state index is -5.04. The molecule has 2 rings (SSSR count). The van der Waals surface area contributed by atoms with Crippen molar-refractivity contribution >= 4 is 28.0 Å². The number of aliphatic hydroxyl groups is 3. The molecule has 12 heteroatoms. The first-order chi connectivity index (χ1) is 11.4. The van der Waals surface area contributed by atoms with Gasteiger partial charge in [0.2, 0.25) is 12.9 Å². The van der Waals surface area contributed by atoms with Crippen LogP contribution in [0.5, 0.6) is 5.75 Å². The van der Waals surface area contributed by atoms with Crippen molar-refractivity contribution in [1.29, 1.82) is 0 Å². The van der Waals surface area contributed by atoms with Crippen molar-refractivity contribution in [3.8, 4) is 5.75 Å². The van der Waals surface area contributed by atoms with Gasteiger partial charge in [-0.15, -0.1) is 0 Å². The molecule has 0 aromatic heterocycles. The van der Waals surface area contributed by atoms with Gasteiger partial charge >= 0.3 is 18.1 Å². The summed E-state index contributed by atoms with van der Waals surface area (Å²) >= 11 is 2.99. The van der Waals surface area contributed by atoms with Gasteiger partial charge in [0.1, 0.15) is 5.75 Å². The Hall–Kier alpha value is -1.70. The second-order valence-corrected chi connectivity index (χ2v) is 5.78. The molecule has 1 aliphatic rings. The Kier molecular flexibility index (Phi) is 5.41. The molecule has 0 amide bonds. The predicted molar refractivity (Wildman–Crippen MR) is 77.2 cm³/mol. The number of hydrogen-bond acceptors (Lipinski definition) is 8. The molecular weight excluding hydrogens is 419 g/mol. The molecule has 0 aliphatic carbocycles. The van der Waals surface area contributed by atoms with Crippen LogP contribution in [0.1, 0.15) is 11.1 Å². The Morgan fingerprint density at radius 2 is 1.96 bits per heavy atom. The van der Waals surface area contributed by atoms with E-state index in [-0.39, 0.29) is 10.0 Å². The van der Waals surface area contributed by atoms with E-state index in [4.69, 9.17) is 4.74 Å². The largest absolute Gasteiger partial charge is 0.475 e. The predicted octanol–water partition coefficient (Wildman–Crippen LogP) is 0.634. The lowest BCUT2D eigenvalue weighted by Gasteiger charge is -2.30. The van der Waals surface area contributed by atoms with E-state index in [1.807, 2.05) is 0 Å². The maximum Gasteiger partial charge on any atom is 0.430 e. The lowest BCUT2D eigenvalue weighted by Crippen LogP contribution is -2.42. The van der Waals surface area contributed by atoms with Crippen LogP contribution < -0.4 is 10.6 Å². The fourth-order valence-electron chi connectivity index (χ4n) is 2.11. The molecule has 0 saturated heterocycles. The summed E-state index contributed by atoms with van der Waals surface area (Å²) in [5.41, 5.74) is -1.80. The Morgan fingerprint density at radius 1 is 1.32 bits per heavy atom. The van der Waals surface area contributed by atoms with Crippen molar-refractivity contribution in [3.05, 3.63) is 33.3 Å². The molecule has 0 spiro atoms. The minimum absolute atomic E-state index is 0.132. The lowest BCUT2D eigenvalue weighted by atomic mass is 9.98. The normalized spacial score (nSPS) is 17.4. The van der Waals surface area contributed by atoms with Crippen molar-refractivity contribution in [2.45, 2.75) is 18.3 Å². The number of hydrogen-bond donors (Lipinski definition) is 4. The van der Waals surface area contributed by atoms with Gasteiger partial charge in [-0.1, -0.05) is 15.9 Å². The number of ether oxygens (including phenoxy) is 2. The summed E-state index contributed by atoms with van der Waals surface area (Å²) < 4.78 is 49.1. The molecule has 1 heterocycles. The van der Waals surface area contributed by atoms with Crippen LogP contribution in [-0.4, -0.2) is 40.4 Å². The van der Waals surface area contributed by atoms with E-state index in [0.29, 0.717) is 0 Å². The highest BCUT2D eigenvalue weighted by Crippen LogP contribution is 2.42. The van der Waals surface area contributed by atoms with Crippen LogP contribution >= 0.6 is 15.9 Å². The number of nitrogens with two attached hydrogens (primary N) is 1. The van der Waals surface area contributed by atoms with Crippen LogP contribution in [-0.2, 0) is 20.3 Å². The number of benzene rings is 1. The molecule has 0 bridgehead atoms. The number of carbonyl (C=O) groups is 1. The summed E-state index contributed by atoms with van der Waals surface area (Å²) in [4.78, 5) is 15.8. The zero-order chi connectivity index (χ0) is 19.0. The molecule has 1 aromatic rings. The standard InChI is InChI=1S/C13H11BrF3NO7/c14-6-1-5-2-7(11(19)23-4-24-18)10(12(15,16)17)25-9(5)8(3-6)13(20,21)22/h1-3,10,20-22H,4,18H2. The first-order valence-corrected chi connectivity index (χ1v) is 7.19. The van der Waals surface area contributed by atoms with Gasteiger partial charge in [0, 0.05) is 10.0 Å². The first kappa shape index (κ1) is 19.6. The number of halogens is 4. The lowest BCUT2D eigenvalue weighted by molar-refractivity contribution is -0.324. The van der Waals surface area contributed by atoms with E-state index in [1.54, 1.807) is 0 Å². The monoisotopic (exact) mass is 429 g/mol. The van der Waals surface area contributed by atoms with E-state index < -0.39 is 47.9 Å². The molecule has 138 valence electrons. The maximum atomic E-state index is 13.2. The molecule has 0 saturated carbocycles. The van der Waals surface area contributed by atoms with Crippen LogP contribution in [0, 0.1) is 0 Å². The molecule has 0 radical (unpaired) electrons. The van der Waals surface area contributed by atoms with E-state index in [0.717, 1.165) is 12.1 Å². The van der Waals surface area contributed by atoms with Gasteiger partial charge in [0.15, 0.2) is 0 Å². The van der Waals surface area contributed by atoms with Crippen LogP contribution in [0.3, 0.4) is 0 Å². The molecule has 25 heavy (non-hydrogen) atoms. The number of esters is 1. The van der Waals surface area contributed by atoms with Crippen LogP contribution in [0.25, 0.3) is 6.08 Å². The summed E-state index contributed by atoms with van der Waals surface area (Å²) in [6.07, 6.45) is -7.03. The first-order valence-electron chi connectivity index (χ1n) is 6.40. The highest BCUT2D eigenvalue weighted by molar-refractivity contribution is 9.10. The zero-order valence-electron chi connectivity index (χ0n) is 12.1. The number of rotatable bonds is 4. The van der Waals surface area contributed by atoms with Crippen molar-refractivity contribution in [2.75, 3.05) is 6.79 Å². The highest BCUT2D eigenvalue weighted by Gasteiger charge is 2.50. The third-order valence-corrected chi connectivity index (χ3v) is 3.52. The molecule has 1 atom stereocenters. The Labute approximate surface area is 146 Å². The number of fused-ring (bicyclic) bond motifs is 1. The van der Waals surface area contributed by atoms with Crippen LogP contribution in [0.4, 0.5) is 13.2 Å². The van der Waals surface area contributed by atoms with Gasteiger partial charge in [-0.3, -0.25) is 4.84 Å². The number of carbonyl (C=O) groups excluding carboxylic acids is 1. The summed E-state index contributed by atoms with van der Waals surface area (Å²) in [6.45, 7) is -0.787. The fraction of sp³-hybridized carbons (Fsp3) is 0.308. The zero-order valence-corrected chi connectivity index (χ0v) is 13.7. The quantitative estimate of drug-likeness (QED) is 0.311. The topological polar surface area (TPSA) is 131 Å². The average Bonchev–Trinajstić information content (AvgIpc) is 2.48. The maximum absolute atomic E-state index is 13.2. The second kappa shape index (κ2) is 6.90. The van der Waals surface area contributed by atoms with Gasteiger partial charge in [0.05, 0.1) is 11.1 Å². The van der Waals surface area contributed by atoms with Crippen molar-refractivity contribution in [1.82, 2.24) is 0 Å². The fourth-order valence-corrected chi connectivity index (χ4v) is 2.58.